The highest BCUT2D eigenvalue weighted by atomic mass is 79.9. The predicted molar refractivity (Wildman–Crippen MR) is 100 cm³/mol. The maximum absolute atomic E-state index is 12.6. The summed E-state index contributed by atoms with van der Waals surface area (Å²) in [6.07, 6.45) is 0. The van der Waals surface area contributed by atoms with E-state index in [2.05, 4.69) is 26.4 Å². The quantitative estimate of drug-likeness (QED) is 0.455. The van der Waals surface area contributed by atoms with Crippen LogP contribution in [0.1, 0.15) is 20.8 Å². The third-order valence-corrected chi connectivity index (χ3v) is 5.42. The first-order valence-corrected chi connectivity index (χ1v) is 10.3. The fourth-order valence-corrected chi connectivity index (χ4v) is 3.46. The maximum Gasteiger partial charge on any atom is 0.340 e. The molecular weight excluding hydrogens is 464 g/mol. The van der Waals surface area contributed by atoms with Crippen molar-refractivity contribution in [1.82, 2.24) is 5.16 Å². The molecule has 0 aliphatic carbocycles. The molecule has 3 aromatic rings. The summed E-state index contributed by atoms with van der Waals surface area (Å²) in [5, 5.41) is 6.37. The number of benzene rings is 2. The molecule has 1 heterocycles. The normalized spacial score (nSPS) is 11.4. The lowest BCUT2D eigenvalue weighted by Gasteiger charge is -2.09. The molecule has 0 bridgehead atoms. The molecule has 0 radical (unpaired) electrons. The van der Waals surface area contributed by atoms with Crippen LogP contribution >= 0.6 is 26.6 Å². The van der Waals surface area contributed by atoms with Gasteiger partial charge in [0.25, 0.3) is 15.0 Å². The fourth-order valence-electron chi connectivity index (χ4n) is 2.32. The van der Waals surface area contributed by atoms with Crippen molar-refractivity contribution in [2.24, 2.45) is 0 Å². The van der Waals surface area contributed by atoms with Gasteiger partial charge in [-0.15, -0.1) is 0 Å². The number of nitrogens with zero attached hydrogens (tertiary/aromatic N) is 1. The van der Waals surface area contributed by atoms with Crippen molar-refractivity contribution in [2.45, 2.75) is 4.90 Å². The average molecular weight is 474 g/mol. The summed E-state index contributed by atoms with van der Waals surface area (Å²) in [6.45, 7) is 0. The second-order valence-electron chi connectivity index (χ2n) is 5.26. The van der Waals surface area contributed by atoms with E-state index in [1.807, 2.05) is 0 Å². The second kappa shape index (κ2) is 7.29. The molecule has 0 aliphatic heterocycles. The number of anilines is 1. The number of hydrogen-bond donors (Lipinski definition) is 1. The summed E-state index contributed by atoms with van der Waals surface area (Å²) in [6, 6.07) is 8.38. The summed E-state index contributed by atoms with van der Waals surface area (Å²) in [5.74, 6) is -1.35. The highest BCUT2D eigenvalue weighted by Gasteiger charge is 2.21. The summed E-state index contributed by atoms with van der Waals surface area (Å²) < 4.78 is 33.4. The molecule has 0 fully saturated rings. The van der Waals surface area contributed by atoms with Gasteiger partial charge in [0, 0.05) is 15.2 Å². The highest BCUT2D eigenvalue weighted by Crippen LogP contribution is 2.26. The van der Waals surface area contributed by atoms with Crippen molar-refractivity contribution in [3.63, 3.8) is 0 Å². The van der Waals surface area contributed by atoms with Gasteiger partial charge >= 0.3 is 5.97 Å². The molecule has 1 N–H and O–H groups in total. The van der Waals surface area contributed by atoms with Crippen LogP contribution in [0.3, 0.4) is 0 Å². The Hall–Kier alpha value is -2.43. The number of amides is 1. The van der Waals surface area contributed by atoms with E-state index in [0.717, 1.165) is 0 Å². The molecule has 140 valence electrons. The SMILES string of the molecule is COC(=O)c1cc(Br)ccc1NC(=O)c1noc2ccc(S(=O)(=O)Cl)cc12. The van der Waals surface area contributed by atoms with Crippen molar-refractivity contribution in [2.75, 3.05) is 12.4 Å². The molecule has 1 amide bonds. The summed E-state index contributed by atoms with van der Waals surface area (Å²) in [4.78, 5) is 24.3. The van der Waals surface area contributed by atoms with Gasteiger partial charge in [0.1, 0.15) is 0 Å². The van der Waals surface area contributed by atoms with Crippen molar-refractivity contribution in [3.05, 3.63) is 52.1 Å². The first-order chi connectivity index (χ1) is 12.7. The van der Waals surface area contributed by atoms with Crippen LogP contribution in [-0.2, 0) is 13.8 Å². The number of carbonyl (C=O) groups is 2. The number of rotatable bonds is 4. The Morgan fingerprint density at radius 1 is 1.22 bits per heavy atom. The summed E-state index contributed by atoms with van der Waals surface area (Å²) in [5.41, 5.74) is 0.350. The smallest absolute Gasteiger partial charge is 0.340 e. The zero-order valence-electron chi connectivity index (χ0n) is 13.5. The minimum atomic E-state index is -3.99. The number of methoxy groups -OCH3 is 1. The number of fused-ring (bicyclic) bond motifs is 1. The van der Waals surface area contributed by atoms with Gasteiger partial charge in [-0.2, -0.15) is 0 Å². The van der Waals surface area contributed by atoms with Gasteiger partial charge in [-0.25, -0.2) is 13.2 Å². The van der Waals surface area contributed by atoms with Crippen LogP contribution in [0.15, 0.2) is 50.3 Å². The molecule has 0 saturated carbocycles. The van der Waals surface area contributed by atoms with E-state index < -0.39 is 20.9 Å². The zero-order valence-corrected chi connectivity index (χ0v) is 16.7. The Morgan fingerprint density at radius 3 is 2.63 bits per heavy atom. The van der Waals surface area contributed by atoms with Crippen LogP contribution in [0.2, 0.25) is 0 Å². The number of nitrogens with one attached hydrogen (secondary N) is 1. The number of carbonyl (C=O) groups excluding carboxylic acids is 2. The van der Waals surface area contributed by atoms with E-state index in [0.29, 0.717) is 4.47 Å². The molecule has 0 atom stereocenters. The summed E-state index contributed by atoms with van der Waals surface area (Å²) in [7, 11) is 2.56. The fraction of sp³-hybridized carbons (Fsp3) is 0.0625. The topological polar surface area (TPSA) is 116 Å². The molecule has 27 heavy (non-hydrogen) atoms. The van der Waals surface area contributed by atoms with E-state index >= 15 is 0 Å². The zero-order chi connectivity index (χ0) is 19.8. The van der Waals surface area contributed by atoms with E-state index in [1.54, 1.807) is 6.07 Å². The van der Waals surface area contributed by atoms with Gasteiger partial charge in [0.2, 0.25) is 0 Å². The van der Waals surface area contributed by atoms with E-state index in [4.69, 9.17) is 19.9 Å². The molecule has 2 aromatic carbocycles. The van der Waals surface area contributed by atoms with Crippen LogP contribution < -0.4 is 5.32 Å². The first-order valence-electron chi connectivity index (χ1n) is 7.24. The van der Waals surface area contributed by atoms with Crippen molar-refractivity contribution in [3.8, 4) is 0 Å². The lowest BCUT2D eigenvalue weighted by molar-refractivity contribution is 0.0602. The van der Waals surface area contributed by atoms with Crippen LogP contribution in [0, 0.1) is 0 Å². The molecule has 1 aromatic heterocycles. The second-order valence-corrected chi connectivity index (χ2v) is 8.74. The summed E-state index contributed by atoms with van der Waals surface area (Å²) >= 11 is 3.24. The Kier molecular flexibility index (Phi) is 5.22. The van der Waals surface area contributed by atoms with Gasteiger partial charge in [-0.05, 0) is 36.4 Å². The van der Waals surface area contributed by atoms with Crippen molar-refractivity contribution >= 4 is 64.2 Å². The van der Waals surface area contributed by atoms with Gasteiger partial charge in [0.05, 0.1) is 28.6 Å². The minimum absolute atomic E-state index is 0.122. The molecule has 0 unspecified atom stereocenters. The van der Waals surface area contributed by atoms with E-state index in [9.17, 15) is 18.0 Å². The van der Waals surface area contributed by atoms with Gasteiger partial charge < -0.3 is 14.6 Å². The maximum atomic E-state index is 12.6. The molecule has 0 saturated heterocycles. The van der Waals surface area contributed by atoms with Gasteiger partial charge in [-0.3, -0.25) is 4.79 Å². The molecule has 8 nitrogen and oxygen atoms in total. The lowest BCUT2D eigenvalue weighted by Crippen LogP contribution is -2.16. The molecule has 0 spiro atoms. The van der Waals surface area contributed by atoms with Crippen LogP contribution in [0.5, 0.6) is 0 Å². The number of aromatic nitrogens is 1. The largest absolute Gasteiger partial charge is 0.465 e. The third kappa shape index (κ3) is 3.97. The van der Waals surface area contributed by atoms with Crippen LogP contribution in [0.4, 0.5) is 5.69 Å². The molecule has 3 rings (SSSR count). The van der Waals surface area contributed by atoms with Gasteiger partial charge in [-0.1, -0.05) is 21.1 Å². The Bertz CT molecular complexity index is 1170. The highest BCUT2D eigenvalue weighted by molar-refractivity contribution is 9.10. The molecule has 11 heteroatoms. The predicted octanol–water partition coefficient (Wildman–Crippen LogP) is 3.56. The minimum Gasteiger partial charge on any atom is -0.465 e. The van der Waals surface area contributed by atoms with E-state index in [-0.39, 0.29) is 32.8 Å². The lowest BCUT2D eigenvalue weighted by atomic mass is 10.1. The number of hydrogen-bond acceptors (Lipinski definition) is 7. The Morgan fingerprint density at radius 2 is 1.96 bits per heavy atom. The first kappa shape index (κ1) is 19.3. The molecule has 0 aliphatic rings. The Balaban J connectivity index is 2.02. The number of esters is 1. The van der Waals surface area contributed by atoms with Crippen LogP contribution in [-0.4, -0.2) is 32.6 Å². The van der Waals surface area contributed by atoms with Crippen LogP contribution in [0.25, 0.3) is 11.0 Å². The average Bonchev–Trinajstić information content (AvgIpc) is 3.05. The Labute approximate surface area is 166 Å². The standard InChI is InChI=1S/C16H10BrClN2O6S/c1-25-16(22)10-6-8(17)2-4-12(10)19-15(21)14-11-7-9(27(18,23)24)3-5-13(11)26-20-14/h2-7H,1H3,(H,19,21). The van der Waals surface area contributed by atoms with Gasteiger partial charge in [0.15, 0.2) is 11.3 Å². The molecular formula is C16H10BrClN2O6S. The number of halogens is 2. The monoisotopic (exact) mass is 472 g/mol. The van der Waals surface area contributed by atoms with Crippen molar-refractivity contribution in [1.29, 1.82) is 0 Å². The van der Waals surface area contributed by atoms with Crippen molar-refractivity contribution < 1.29 is 27.3 Å². The number of ether oxygens (including phenoxy) is 1. The third-order valence-electron chi connectivity index (χ3n) is 3.57. The van der Waals surface area contributed by atoms with E-state index in [1.165, 1.54) is 37.4 Å².